The zero-order valence-corrected chi connectivity index (χ0v) is 14.4. The summed E-state index contributed by atoms with van der Waals surface area (Å²) >= 11 is 6.13. The predicted molar refractivity (Wildman–Crippen MR) is 90.3 cm³/mol. The molecule has 0 spiro atoms. The number of aromatic nitrogens is 1. The van der Waals surface area contributed by atoms with Gasteiger partial charge in [0.05, 0.1) is 17.9 Å². The molecule has 1 N–H and O–H groups in total. The van der Waals surface area contributed by atoms with Crippen LogP contribution in [0.1, 0.15) is 6.92 Å². The Morgan fingerprint density at radius 2 is 2.00 bits per heavy atom. The van der Waals surface area contributed by atoms with Crippen LogP contribution in [0.15, 0.2) is 42.3 Å². The second-order valence-corrected chi connectivity index (χ2v) is 5.73. The van der Waals surface area contributed by atoms with E-state index in [-0.39, 0.29) is 16.5 Å². The Bertz CT molecular complexity index is 885. The molecule has 0 atom stereocenters. The molecule has 0 radical (unpaired) electrons. The fraction of sp³-hybridized carbons (Fsp3) is 0.176. The Morgan fingerprint density at radius 3 is 2.62 bits per heavy atom. The Hall–Kier alpha value is -2.87. The van der Waals surface area contributed by atoms with Gasteiger partial charge in [0.2, 0.25) is 0 Å². The van der Waals surface area contributed by atoms with Crippen LogP contribution in [0.25, 0.3) is 11.1 Å². The van der Waals surface area contributed by atoms with E-state index in [2.05, 4.69) is 19.8 Å². The van der Waals surface area contributed by atoms with Crippen molar-refractivity contribution < 1.29 is 27.8 Å². The van der Waals surface area contributed by atoms with E-state index in [0.29, 0.717) is 22.7 Å². The van der Waals surface area contributed by atoms with Crippen LogP contribution in [-0.4, -0.2) is 24.3 Å². The largest absolute Gasteiger partial charge is 0.586 e. The van der Waals surface area contributed by atoms with Crippen LogP contribution in [0.4, 0.5) is 14.6 Å². The molecule has 1 amide bonds. The summed E-state index contributed by atoms with van der Waals surface area (Å²) in [6, 6.07) is 5.79. The minimum absolute atomic E-state index is 0.119. The first-order valence-electron chi connectivity index (χ1n) is 7.36. The van der Waals surface area contributed by atoms with E-state index in [1.54, 1.807) is 19.1 Å². The number of anilines is 1. The number of alkyl halides is 2. The molecule has 136 valence electrons. The van der Waals surface area contributed by atoms with Gasteiger partial charge in [-0.25, -0.2) is 4.98 Å². The van der Waals surface area contributed by atoms with Gasteiger partial charge in [0.1, 0.15) is 5.82 Å². The van der Waals surface area contributed by atoms with E-state index in [9.17, 15) is 13.6 Å². The van der Waals surface area contributed by atoms with E-state index in [0.717, 1.165) is 0 Å². The minimum atomic E-state index is -3.72. The standard InChI is InChI=1S/C17H13ClF2N2O4/c1-9(24-2)5-16(23)22-15-4-3-10(8-21-15)11-6-13-14(7-12(11)18)26-17(19,20)25-13/h3-8H,1-2H3,(H,21,22,23). The Kier molecular flexibility index (Phi) is 4.69. The van der Waals surface area contributed by atoms with Crippen LogP contribution in [-0.2, 0) is 9.53 Å². The number of rotatable bonds is 4. The minimum Gasteiger partial charge on any atom is -0.501 e. The van der Waals surface area contributed by atoms with E-state index in [1.165, 1.54) is 31.5 Å². The zero-order valence-electron chi connectivity index (χ0n) is 13.7. The maximum Gasteiger partial charge on any atom is 0.586 e. The number of allylic oxidation sites excluding steroid dienone is 1. The first kappa shape index (κ1) is 17.9. The Labute approximate surface area is 152 Å². The average Bonchev–Trinajstić information content (AvgIpc) is 2.87. The number of fused-ring (bicyclic) bond motifs is 1. The van der Waals surface area contributed by atoms with Crippen LogP contribution >= 0.6 is 11.6 Å². The average molecular weight is 383 g/mol. The SMILES string of the molecule is COC(C)=CC(=O)Nc1ccc(-c2cc3c(cc2Cl)OC(F)(F)O3)cn1. The first-order chi connectivity index (χ1) is 12.3. The molecule has 26 heavy (non-hydrogen) atoms. The highest BCUT2D eigenvalue weighted by atomic mass is 35.5. The number of pyridine rings is 1. The number of benzene rings is 1. The van der Waals surface area contributed by atoms with Gasteiger partial charge in [0.15, 0.2) is 11.5 Å². The van der Waals surface area contributed by atoms with Crippen molar-refractivity contribution in [3.63, 3.8) is 0 Å². The number of hydrogen-bond acceptors (Lipinski definition) is 5. The highest BCUT2D eigenvalue weighted by Gasteiger charge is 2.43. The lowest BCUT2D eigenvalue weighted by Gasteiger charge is -2.07. The molecule has 0 unspecified atom stereocenters. The molecule has 9 heteroatoms. The van der Waals surface area contributed by atoms with Gasteiger partial charge in [-0.2, -0.15) is 0 Å². The smallest absolute Gasteiger partial charge is 0.501 e. The Balaban J connectivity index is 1.81. The van der Waals surface area contributed by atoms with E-state index in [1.807, 2.05) is 0 Å². The third-order valence-corrected chi connectivity index (χ3v) is 3.79. The molecule has 1 aliphatic rings. The third-order valence-electron chi connectivity index (χ3n) is 3.47. The second-order valence-electron chi connectivity index (χ2n) is 5.33. The molecule has 2 aromatic rings. The number of ether oxygens (including phenoxy) is 3. The molecule has 6 nitrogen and oxygen atoms in total. The molecule has 1 aromatic heterocycles. The summed E-state index contributed by atoms with van der Waals surface area (Å²) < 4.78 is 39.9. The normalized spacial score (nSPS) is 14.9. The summed E-state index contributed by atoms with van der Waals surface area (Å²) in [5.41, 5.74) is 0.991. The maximum atomic E-state index is 13.1. The molecule has 0 saturated heterocycles. The number of nitrogens with one attached hydrogen (secondary N) is 1. The number of carbonyl (C=O) groups excluding carboxylic acids is 1. The summed E-state index contributed by atoms with van der Waals surface area (Å²) in [6.07, 6.45) is -0.987. The molecule has 0 saturated carbocycles. The highest BCUT2D eigenvalue weighted by Crippen LogP contribution is 2.45. The van der Waals surface area contributed by atoms with Gasteiger partial charge in [-0.05, 0) is 25.1 Å². The quantitative estimate of drug-likeness (QED) is 0.633. The first-order valence-corrected chi connectivity index (χ1v) is 7.74. The number of halogens is 3. The van der Waals surface area contributed by atoms with Crippen LogP contribution in [0.5, 0.6) is 11.5 Å². The van der Waals surface area contributed by atoms with Gasteiger partial charge in [-0.1, -0.05) is 11.6 Å². The Morgan fingerprint density at radius 1 is 1.31 bits per heavy atom. The monoisotopic (exact) mass is 382 g/mol. The fourth-order valence-corrected chi connectivity index (χ4v) is 2.49. The van der Waals surface area contributed by atoms with Crippen molar-refractivity contribution in [3.05, 3.63) is 47.3 Å². The third kappa shape index (κ3) is 3.85. The van der Waals surface area contributed by atoms with Crippen molar-refractivity contribution in [2.24, 2.45) is 0 Å². The molecule has 2 heterocycles. The lowest BCUT2D eigenvalue weighted by atomic mass is 10.1. The van der Waals surface area contributed by atoms with Crippen molar-refractivity contribution in [1.29, 1.82) is 0 Å². The van der Waals surface area contributed by atoms with E-state index >= 15 is 0 Å². The summed E-state index contributed by atoms with van der Waals surface area (Å²) in [5, 5.41) is 2.77. The van der Waals surface area contributed by atoms with Crippen LogP contribution in [0, 0.1) is 0 Å². The fourth-order valence-electron chi connectivity index (χ4n) is 2.23. The number of amides is 1. The lowest BCUT2D eigenvalue weighted by Crippen LogP contribution is -2.25. The summed E-state index contributed by atoms with van der Waals surface area (Å²) in [5.74, 6) is 0.103. The molecule has 0 aliphatic carbocycles. The van der Waals surface area contributed by atoms with Crippen molar-refractivity contribution in [1.82, 2.24) is 4.98 Å². The molecule has 1 aromatic carbocycles. The molecule has 1 aliphatic heterocycles. The van der Waals surface area contributed by atoms with E-state index in [4.69, 9.17) is 16.3 Å². The van der Waals surface area contributed by atoms with Crippen molar-refractivity contribution in [2.75, 3.05) is 12.4 Å². The van der Waals surface area contributed by atoms with Gasteiger partial charge in [-0.15, -0.1) is 8.78 Å². The van der Waals surface area contributed by atoms with Crippen LogP contribution in [0.2, 0.25) is 5.02 Å². The van der Waals surface area contributed by atoms with Crippen molar-refractivity contribution in [3.8, 4) is 22.6 Å². The number of methoxy groups -OCH3 is 1. The van der Waals surface area contributed by atoms with Gasteiger partial charge in [-0.3, -0.25) is 4.79 Å². The summed E-state index contributed by atoms with van der Waals surface area (Å²) in [6.45, 7) is 1.64. The molecule has 0 fully saturated rings. The van der Waals surface area contributed by atoms with Crippen molar-refractivity contribution in [2.45, 2.75) is 13.2 Å². The zero-order chi connectivity index (χ0) is 18.9. The van der Waals surface area contributed by atoms with Crippen molar-refractivity contribution >= 4 is 23.3 Å². The predicted octanol–water partition coefficient (Wildman–Crippen LogP) is 4.21. The number of hydrogen-bond donors (Lipinski definition) is 1. The molecular weight excluding hydrogens is 370 g/mol. The number of carbonyl (C=O) groups is 1. The lowest BCUT2D eigenvalue weighted by molar-refractivity contribution is -0.286. The van der Waals surface area contributed by atoms with Crippen LogP contribution < -0.4 is 14.8 Å². The van der Waals surface area contributed by atoms with E-state index < -0.39 is 12.2 Å². The van der Waals surface area contributed by atoms with Gasteiger partial charge < -0.3 is 19.5 Å². The molecule has 0 bridgehead atoms. The molecular formula is C17H13ClF2N2O4. The van der Waals surface area contributed by atoms with Gasteiger partial charge in [0, 0.05) is 29.5 Å². The topological polar surface area (TPSA) is 69.7 Å². The van der Waals surface area contributed by atoms with Gasteiger partial charge >= 0.3 is 6.29 Å². The molecule has 3 rings (SSSR count). The van der Waals surface area contributed by atoms with Crippen LogP contribution in [0.3, 0.4) is 0 Å². The number of nitrogens with zero attached hydrogens (tertiary/aromatic N) is 1. The summed E-state index contributed by atoms with van der Waals surface area (Å²) in [4.78, 5) is 15.9. The highest BCUT2D eigenvalue weighted by molar-refractivity contribution is 6.33. The maximum absolute atomic E-state index is 13.1. The van der Waals surface area contributed by atoms with Gasteiger partial charge in [0.25, 0.3) is 5.91 Å². The second kappa shape index (κ2) is 6.80. The summed E-state index contributed by atoms with van der Waals surface area (Å²) in [7, 11) is 1.46.